The second kappa shape index (κ2) is 8.48. The van der Waals surface area contributed by atoms with Crippen LogP contribution in [-0.4, -0.2) is 33.3 Å². The fourth-order valence-corrected chi connectivity index (χ4v) is 4.51. The molecule has 4 rings (SSSR count). The topological polar surface area (TPSA) is 104 Å². The molecule has 0 amide bonds. The quantitative estimate of drug-likeness (QED) is 0.490. The minimum Gasteiger partial charge on any atom is -0.507 e. The molecule has 8 heteroatoms. The highest BCUT2D eigenvalue weighted by Crippen LogP contribution is 2.43. The molecule has 0 saturated heterocycles. The highest BCUT2D eigenvalue weighted by atomic mass is 16.6. The van der Waals surface area contributed by atoms with Crippen molar-refractivity contribution in [2.45, 2.75) is 77.9 Å². The lowest BCUT2D eigenvalue weighted by molar-refractivity contribution is -0.386. The van der Waals surface area contributed by atoms with Crippen molar-refractivity contribution in [1.29, 1.82) is 0 Å². The number of aromatic hydroxyl groups is 1. The smallest absolute Gasteiger partial charge is 0.331 e. The van der Waals surface area contributed by atoms with Crippen LogP contribution >= 0.6 is 0 Å². The van der Waals surface area contributed by atoms with Gasteiger partial charge in [0.1, 0.15) is 29.8 Å². The summed E-state index contributed by atoms with van der Waals surface area (Å²) in [6, 6.07) is 2.88. The van der Waals surface area contributed by atoms with Gasteiger partial charge in [-0.3, -0.25) is 10.1 Å². The van der Waals surface area contributed by atoms with Gasteiger partial charge in [-0.05, 0) is 82.9 Å². The van der Waals surface area contributed by atoms with Crippen molar-refractivity contribution in [2.24, 2.45) is 0 Å². The molecule has 172 valence electrons. The van der Waals surface area contributed by atoms with E-state index in [9.17, 15) is 15.2 Å². The van der Waals surface area contributed by atoms with Gasteiger partial charge in [0.15, 0.2) is 0 Å². The van der Waals surface area contributed by atoms with Gasteiger partial charge >= 0.3 is 5.69 Å². The molecule has 0 spiro atoms. The molecule has 0 radical (unpaired) electrons. The van der Waals surface area contributed by atoms with Crippen LogP contribution in [0.25, 0.3) is 0 Å². The van der Waals surface area contributed by atoms with Crippen LogP contribution in [0.3, 0.4) is 0 Å². The number of nitro groups is 1. The summed E-state index contributed by atoms with van der Waals surface area (Å²) in [5.41, 5.74) is 2.89. The van der Waals surface area contributed by atoms with Gasteiger partial charge in [-0.1, -0.05) is 0 Å². The third kappa shape index (κ3) is 4.18. The van der Waals surface area contributed by atoms with Gasteiger partial charge in [-0.25, -0.2) is 0 Å². The van der Waals surface area contributed by atoms with Crippen molar-refractivity contribution in [3.63, 3.8) is 0 Å². The largest absolute Gasteiger partial charge is 0.507 e. The van der Waals surface area contributed by atoms with Gasteiger partial charge in [0, 0.05) is 17.7 Å². The van der Waals surface area contributed by atoms with Crippen LogP contribution in [0, 0.1) is 30.9 Å². The molecule has 1 fully saturated rings. The van der Waals surface area contributed by atoms with Gasteiger partial charge in [0.25, 0.3) is 5.88 Å². The van der Waals surface area contributed by atoms with Crippen LogP contribution in [0.15, 0.2) is 12.1 Å². The molecule has 1 aliphatic heterocycles. The number of phenolic OH excluding ortho intramolecular Hbond substituents is 1. The van der Waals surface area contributed by atoms with Crippen molar-refractivity contribution in [3.05, 3.63) is 44.5 Å². The normalized spacial score (nSPS) is 20.5. The maximum Gasteiger partial charge on any atom is 0.331 e. The summed E-state index contributed by atoms with van der Waals surface area (Å²) in [5.74, 6) is 1.41. The predicted octanol–water partition coefficient (Wildman–Crippen LogP) is 5.10. The lowest BCUT2D eigenvalue weighted by Crippen LogP contribution is -2.42. The molecule has 1 aromatic heterocycles. The van der Waals surface area contributed by atoms with Crippen LogP contribution in [0.5, 0.6) is 23.3 Å². The molecule has 1 unspecified atom stereocenters. The van der Waals surface area contributed by atoms with Crippen LogP contribution in [0.1, 0.15) is 61.3 Å². The summed E-state index contributed by atoms with van der Waals surface area (Å²) in [4.78, 5) is 15.2. The first-order chi connectivity index (χ1) is 15.2. The molecule has 8 nitrogen and oxygen atoms in total. The average molecular weight is 443 g/mol. The van der Waals surface area contributed by atoms with Gasteiger partial charge < -0.3 is 19.3 Å². The van der Waals surface area contributed by atoms with Gasteiger partial charge in [-0.15, -0.1) is 0 Å². The van der Waals surface area contributed by atoms with E-state index in [4.69, 9.17) is 14.2 Å². The molecule has 0 bridgehead atoms. The van der Waals surface area contributed by atoms with Crippen LogP contribution in [0.2, 0.25) is 0 Å². The van der Waals surface area contributed by atoms with Crippen molar-refractivity contribution < 1.29 is 24.2 Å². The van der Waals surface area contributed by atoms with Crippen molar-refractivity contribution in [3.8, 4) is 23.3 Å². The molecule has 32 heavy (non-hydrogen) atoms. The van der Waals surface area contributed by atoms with E-state index in [1.54, 1.807) is 0 Å². The molecule has 2 heterocycles. The number of hydrogen-bond acceptors (Lipinski definition) is 7. The summed E-state index contributed by atoms with van der Waals surface area (Å²) < 4.78 is 18.2. The zero-order valence-corrected chi connectivity index (χ0v) is 19.1. The van der Waals surface area contributed by atoms with E-state index >= 15 is 0 Å². The van der Waals surface area contributed by atoms with Crippen molar-refractivity contribution in [2.75, 3.05) is 6.61 Å². The molecule has 1 atom stereocenters. The van der Waals surface area contributed by atoms with E-state index in [0.29, 0.717) is 12.2 Å². The predicted molar refractivity (Wildman–Crippen MR) is 119 cm³/mol. The maximum absolute atomic E-state index is 11.4. The highest BCUT2D eigenvalue weighted by Gasteiger charge is 2.36. The summed E-state index contributed by atoms with van der Waals surface area (Å²) in [6.07, 6.45) is 5.30. The lowest BCUT2D eigenvalue weighted by atomic mass is 9.87. The Labute approximate surface area is 187 Å². The van der Waals surface area contributed by atoms with E-state index < -0.39 is 10.5 Å². The first kappa shape index (κ1) is 22.2. The number of pyridine rings is 1. The van der Waals surface area contributed by atoms with E-state index in [0.717, 1.165) is 60.1 Å². The molecule has 1 N–H and O–H groups in total. The van der Waals surface area contributed by atoms with Crippen molar-refractivity contribution >= 4 is 5.69 Å². The maximum atomic E-state index is 11.4. The zero-order chi connectivity index (χ0) is 23.0. The summed E-state index contributed by atoms with van der Waals surface area (Å²) >= 11 is 0. The summed E-state index contributed by atoms with van der Waals surface area (Å²) in [7, 11) is 0. The van der Waals surface area contributed by atoms with E-state index in [-0.39, 0.29) is 30.2 Å². The first-order valence-corrected chi connectivity index (χ1v) is 11.1. The molecule has 1 aromatic carbocycles. The number of fused-ring (bicyclic) bond motifs is 1. The average Bonchev–Trinajstić information content (AvgIpc) is 3.28. The minimum absolute atomic E-state index is 0.0111. The second-order valence-corrected chi connectivity index (χ2v) is 9.13. The molecular weight excluding hydrogens is 412 g/mol. The number of hydrogen-bond donors (Lipinski definition) is 1. The molecule has 1 saturated carbocycles. The van der Waals surface area contributed by atoms with Crippen LogP contribution < -0.4 is 14.2 Å². The second-order valence-electron chi connectivity index (χ2n) is 9.13. The minimum atomic E-state index is -0.594. The number of aromatic nitrogens is 1. The fourth-order valence-electron chi connectivity index (χ4n) is 4.51. The third-order valence-electron chi connectivity index (χ3n) is 6.71. The molecule has 2 aliphatic rings. The van der Waals surface area contributed by atoms with E-state index in [2.05, 4.69) is 4.98 Å². The van der Waals surface area contributed by atoms with E-state index in [1.807, 2.05) is 27.7 Å². The number of nitrogens with zero attached hydrogens (tertiary/aromatic N) is 2. The number of rotatable bonds is 6. The molecule has 2 aromatic rings. The third-order valence-corrected chi connectivity index (χ3v) is 6.71. The molecule has 1 aliphatic carbocycles. The van der Waals surface area contributed by atoms with Crippen LogP contribution in [0.4, 0.5) is 5.69 Å². The Hall–Kier alpha value is -3.03. The monoisotopic (exact) mass is 442 g/mol. The number of benzene rings is 1. The number of phenols is 1. The molecular formula is C24H30N2O6. The first-order valence-electron chi connectivity index (χ1n) is 11.1. The van der Waals surface area contributed by atoms with Crippen LogP contribution in [-0.2, 0) is 6.42 Å². The summed E-state index contributed by atoms with van der Waals surface area (Å²) in [6.45, 7) is 7.96. The van der Waals surface area contributed by atoms with E-state index in [1.165, 1.54) is 12.1 Å². The Balaban J connectivity index is 1.52. The highest BCUT2D eigenvalue weighted by molar-refractivity contribution is 5.58. The Bertz CT molecular complexity index is 1050. The van der Waals surface area contributed by atoms with Gasteiger partial charge in [0.2, 0.25) is 5.88 Å². The Kier molecular flexibility index (Phi) is 5.88. The fraction of sp³-hybridized carbons (Fsp3) is 0.542. The zero-order valence-electron chi connectivity index (χ0n) is 19.1. The van der Waals surface area contributed by atoms with Gasteiger partial charge in [0.05, 0.1) is 4.92 Å². The Morgan fingerprint density at radius 2 is 1.94 bits per heavy atom. The standard InChI is InChI=1S/C24H30N2O6/c1-14-15(2)22-18(16(3)21(14)27)11-12-24(4,32-22)13-30-20-10-9-19(26(28)29)23(25-20)31-17-7-5-6-8-17/h9-10,17,27H,5-8,11-13H2,1-4H3. The van der Waals surface area contributed by atoms with Crippen molar-refractivity contribution in [1.82, 2.24) is 4.98 Å². The SMILES string of the molecule is Cc1c(C)c2c(c(C)c1O)CCC(C)(COc1ccc([N+](=O)[O-])c(OC3CCCC3)n1)O2. The Morgan fingerprint density at radius 3 is 2.62 bits per heavy atom. The number of ether oxygens (including phenoxy) is 3. The summed E-state index contributed by atoms with van der Waals surface area (Å²) in [5, 5.41) is 21.8. The van der Waals surface area contributed by atoms with Gasteiger partial charge in [-0.2, -0.15) is 4.98 Å². The Morgan fingerprint density at radius 1 is 1.22 bits per heavy atom. The lowest BCUT2D eigenvalue weighted by Gasteiger charge is -2.37.